The molecule has 0 heterocycles. The first-order valence-corrected chi connectivity index (χ1v) is 6.44. The Bertz CT molecular complexity index is 466. The first-order chi connectivity index (χ1) is 8.13. The van der Waals surface area contributed by atoms with Crippen LogP contribution >= 0.6 is 0 Å². The Balaban J connectivity index is 2.03. The van der Waals surface area contributed by atoms with E-state index in [1.807, 2.05) is 6.92 Å². The van der Waals surface area contributed by atoms with E-state index in [9.17, 15) is 9.90 Å². The van der Waals surface area contributed by atoms with Crippen LogP contribution in [0.15, 0.2) is 24.3 Å². The monoisotopic (exact) mass is 230 g/mol. The molecule has 2 heteroatoms. The molecule has 2 aliphatic rings. The molecule has 1 aromatic rings. The minimum absolute atomic E-state index is 0.297. The number of rotatable bonds is 1. The minimum Gasteiger partial charge on any atom is -0.481 e. The zero-order valence-electron chi connectivity index (χ0n) is 10.1. The van der Waals surface area contributed by atoms with Crippen molar-refractivity contribution < 1.29 is 9.90 Å². The molecule has 1 fully saturated rings. The number of aliphatic carboxylic acids is 1. The molecule has 0 saturated heterocycles. The van der Waals surface area contributed by atoms with Gasteiger partial charge in [-0.3, -0.25) is 4.79 Å². The van der Waals surface area contributed by atoms with Crippen molar-refractivity contribution in [1.29, 1.82) is 0 Å². The first-order valence-electron chi connectivity index (χ1n) is 6.44. The van der Waals surface area contributed by atoms with E-state index < -0.39 is 11.4 Å². The van der Waals surface area contributed by atoms with Crippen LogP contribution in [0.5, 0.6) is 0 Å². The standard InChI is InChI=1S/C15H18O2/c1-15(14(16)17)8-4-7-12-11-6-3-2-5-10(11)9-13(12)15/h2-3,5-6,12-13H,4,7-9H2,1H3,(H,16,17). The third-order valence-electron chi connectivity index (χ3n) is 4.90. The quantitative estimate of drug-likeness (QED) is 0.804. The lowest BCUT2D eigenvalue weighted by molar-refractivity contribution is -0.154. The van der Waals surface area contributed by atoms with Gasteiger partial charge in [0.15, 0.2) is 0 Å². The molecule has 3 rings (SSSR count). The van der Waals surface area contributed by atoms with Crippen LogP contribution in [-0.4, -0.2) is 11.1 Å². The van der Waals surface area contributed by atoms with E-state index in [0.29, 0.717) is 11.8 Å². The molecule has 0 bridgehead atoms. The van der Waals surface area contributed by atoms with Gasteiger partial charge in [0, 0.05) is 0 Å². The second-order valence-electron chi connectivity index (χ2n) is 5.73. The van der Waals surface area contributed by atoms with Crippen molar-refractivity contribution in [3.05, 3.63) is 35.4 Å². The van der Waals surface area contributed by atoms with Gasteiger partial charge in [0.25, 0.3) is 0 Å². The fourth-order valence-electron chi connectivity index (χ4n) is 3.84. The highest BCUT2D eigenvalue weighted by molar-refractivity contribution is 5.75. The van der Waals surface area contributed by atoms with Gasteiger partial charge < -0.3 is 5.11 Å². The predicted molar refractivity (Wildman–Crippen MR) is 66.0 cm³/mol. The second kappa shape index (κ2) is 3.59. The molecule has 90 valence electrons. The lowest BCUT2D eigenvalue weighted by Crippen LogP contribution is -2.40. The molecule has 0 aromatic heterocycles. The van der Waals surface area contributed by atoms with Crippen molar-refractivity contribution in [1.82, 2.24) is 0 Å². The zero-order chi connectivity index (χ0) is 12.0. The molecule has 0 radical (unpaired) electrons. The molecular weight excluding hydrogens is 212 g/mol. The van der Waals surface area contributed by atoms with Gasteiger partial charge in [-0.15, -0.1) is 0 Å². The number of hydrogen-bond acceptors (Lipinski definition) is 1. The van der Waals surface area contributed by atoms with Crippen LogP contribution in [0.4, 0.5) is 0 Å². The summed E-state index contributed by atoms with van der Waals surface area (Å²) in [6.45, 7) is 1.94. The first kappa shape index (κ1) is 10.8. The summed E-state index contributed by atoms with van der Waals surface area (Å²) in [5, 5.41) is 9.52. The van der Waals surface area contributed by atoms with Crippen molar-refractivity contribution in [2.24, 2.45) is 11.3 Å². The highest BCUT2D eigenvalue weighted by atomic mass is 16.4. The fraction of sp³-hybridized carbons (Fsp3) is 0.533. The van der Waals surface area contributed by atoms with Gasteiger partial charge in [0.2, 0.25) is 0 Å². The Morgan fingerprint density at radius 1 is 1.41 bits per heavy atom. The van der Waals surface area contributed by atoms with E-state index in [2.05, 4.69) is 24.3 Å². The van der Waals surface area contributed by atoms with Crippen LogP contribution in [0.3, 0.4) is 0 Å². The summed E-state index contributed by atoms with van der Waals surface area (Å²) in [5.74, 6) is 0.159. The highest BCUT2D eigenvalue weighted by Gasteiger charge is 2.50. The summed E-state index contributed by atoms with van der Waals surface area (Å²) in [7, 11) is 0. The van der Waals surface area contributed by atoms with E-state index in [0.717, 1.165) is 25.7 Å². The number of carboxylic acids is 1. The van der Waals surface area contributed by atoms with Crippen molar-refractivity contribution in [3.63, 3.8) is 0 Å². The van der Waals surface area contributed by atoms with Crippen LogP contribution in [0, 0.1) is 11.3 Å². The molecule has 1 saturated carbocycles. The van der Waals surface area contributed by atoms with E-state index in [1.165, 1.54) is 11.1 Å². The summed E-state index contributed by atoms with van der Waals surface area (Å²) >= 11 is 0. The van der Waals surface area contributed by atoms with Crippen LogP contribution in [0.1, 0.15) is 43.2 Å². The third kappa shape index (κ3) is 1.43. The summed E-state index contributed by atoms with van der Waals surface area (Å²) in [5.41, 5.74) is 2.25. The van der Waals surface area contributed by atoms with E-state index in [-0.39, 0.29) is 0 Å². The molecule has 1 N–H and O–H groups in total. The normalized spacial score (nSPS) is 35.1. The molecule has 0 amide bonds. The fourth-order valence-corrected chi connectivity index (χ4v) is 3.84. The van der Waals surface area contributed by atoms with E-state index >= 15 is 0 Å². The SMILES string of the molecule is CC1(C(=O)O)CCCC2c3ccccc3CC21. The lowest BCUT2D eigenvalue weighted by atomic mass is 9.63. The summed E-state index contributed by atoms with van der Waals surface area (Å²) in [6, 6.07) is 8.49. The number of fused-ring (bicyclic) bond motifs is 3. The Labute approximate surface area is 102 Å². The maximum absolute atomic E-state index is 11.6. The summed E-state index contributed by atoms with van der Waals surface area (Å²) < 4.78 is 0. The Morgan fingerprint density at radius 3 is 2.94 bits per heavy atom. The molecule has 17 heavy (non-hydrogen) atoms. The molecule has 1 aromatic carbocycles. The minimum atomic E-state index is -0.611. The number of hydrogen-bond donors (Lipinski definition) is 1. The lowest BCUT2D eigenvalue weighted by Gasteiger charge is -2.40. The molecule has 3 unspecified atom stereocenters. The average molecular weight is 230 g/mol. The molecule has 2 aliphatic carbocycles. The molecular formula is C15H18O2. The second-order valence-corrected chi connectivity index (χ2v) is 5.73. The maximum atomic E-state index is 11.6. The Morgan fingerprint density at radius 2 is 2.18 bits per heavy atom. The van der Waals surface area contributed by atoms with Crippen LogP contribution in [0.25, 0.3) is 0 Å². The van der Waals surface area contributed by atoms with E-state index in [4.69, 9.17) is 0 Å². The van der Waals surface area contributed by atoms with Gasteiger partial charge in [-0.1, -0.05) is 30.7 Å². The maximum Gasteiger partial charge on any atom is 0.309 e. The van der Waals surface area contributed by atoms with Gasteiger partial charge in [-0.25, -0.2) is 0 Å². The Hall–Kier alpha value is -1.31. The zero-order valence-corrected chi connectivity index (χ0v) is 10.1. The third-order valence-corrected chi connectivity index (χ3v) is 4.90. The molecule has 0 aliphatic heterocycles. The van der Waals surface area contributed by atoms with Gasteiger partial charge >= 0.3 is 5.97 Å². The van der Waals surface area contributed by atoms with Crippen molar-refractivity contribution >= 4 is 5.97 Å². The van der Waals surface area contributed by atoms with E-state index in [1.54, 1.807) is 0 Å². The summed E-state index contributed by atoms with van der Waals surface area (Å²) in [6.07, 6.45) is 3.98. The van der Waals surface area contributed by atoms with Gasteiger partial charge in [-0.2, -0.15) is 0 Å². The molecule has 2 nitrogen and oxygen atoms in total. The predicted octanol–water partition coefficient (Wildman–Crippen LogP) is 3.22. The highest BCUT2D eigenvalue weighted by Crippen LogP contribution is 2.54. The number of benzene rings is 1. The van der Waals surface area contributed by atoms with Gasteiger partial charge in [0.05, 0.1) is 5.41 Å². The van der Waals surface area contributed by atoms with Gasteiger partial charge in [0.1, 0.15) is 0 Å². The topological polar surface area (TPSA) is 37.3 Å². The number of carboxylic acid groups (broad SMARTS) is 1. The largest absolute Gasteiger partial charge is 0.481 e. The van der Waals surface area contributed by atoms with Crippen LogP contribution < -0.4 is 0 Å². The number of carbonyl (C=O) groups is 1. The van der Waals surface area contributed by atoms with Crippen molar-refractivity contribution in [3.8, 4) is 0 Å². The van der Waals surface area contributed by atoms with Crippen LogP contribution in [-0.2, 0) is 11.2 Å². The smallest absolute Gasteiger partial charge is 0.309 e. The van der Waals surface area contributed by atoms with Crippen molar-refractivity contribution in [2.75, 3.05) is 0 Å². The average Bonchev–Trinajstić information content (AvgIpc) is 2.70. The van der Waals surface area contributed by atoms with Gasteiger partial charge in [-0.05, 0) is 49.1 Å². The molecule has 0 spiro atoms. The van der Waals surface area contributed by atoms with Crippen molar-refractivity contribution in [2.45, 2.75) is 38.5 Å². The summed E-state index contributed by atoms with van der Waals surface area (Å²) in [4.78, 5) is 11.6. The molecule has 3 atom stereocenters. The van der Waals surface area contributed by atoms with Crippen LogP contribution in [0.2, 0.25) is 0 Å². The Kier molecular flexibility index (Phi) is 2.29.